The lowest BCUT2D eigenvalue weighted by atomic mass is 9.88. The van der Waals surface area contributed by atoms with Crippen molar-refractivity contribution in [2.45, 2.75) is 58.0 Å². The number of nitro groups is 1. The van der Waals surface area contributed by atoms with E-state index in [2.05, 4.69) is 21.0 Å². The van der Waals surface area contributed by atoms with Crippen molar-refractivity contribution in [2.24, 2.45) is 5.10 Å². The smallest absolute Gasteiger partial charge is 0.312 e. The molecule has 3 aromatic rings. The highest BCUT2D eigenvalue weighted by molar-refractivity contribution is 9.10. The van der Waals surface area contributed by atoms with Gasteiger partial charge < -0.3 is 4.74 Å². The van der Waals surface area contributed by atoms with Gasteiger partial charge in [-0.2, -0.15) is 9.78 Å². The van der Waals surface area contributed by atoms with Gasteiger partial charge in [-0.1, -0.05) is 47.3 Å². The lowest BCUT2D eigenvalue weighted by molar-refractivity contribution is -0.386. The molecule has 8 nitrogen and oxygen atoms in total. The second kappa shape index (κ2) is 9.82. The van der Waals surface area contributed by atoms with Crippen LogP contribution in [0.15, 0.2) is 50.8 Å². The van der Waals surface area contributed by atoms with Crippen LogP contribution in [0, 0.1) is 10.1 Å². The summed E-state index contributed by atoms with van der Waals surface area (Å²) in [7, 11) is 0. The molecule has 9 heteroatoms. The fourth-order valence-corrected chi connectivity index (χ4v) is 4.66. The third-order valence-electron chi connectivity index (χ3n) is 5.67. The van der Waals surface area contributed by atoms with Gasteiger partial charge in [-0.25, -0.2) is 4.98 Å². The number of rotatable bonds is 6. The lowest BCUT2D eigenvalue weighted by Crippen LogP contribution is -2.25. The Hall–Kier alpha value is -3.07. The van der Waals surface area contributed by atoms with Gasteiger partial charge in [0.2, 0.25) is 5.75 Å². The van der Waals surface area contributed by atoms with Crippen LogP contribution in [0.4, 0.5) is 5.69 Å². The van der Waals surface area contributed by atoms with Crippen molar-refractivity contribution in [1.82, 2.24) is 9.66 Å². The number of fused-ring (bicyclic) bond motifs is 1. The predicted octanol–water partition coefficient (Wildman–Crippen LogP) is 5.78. The Balaban J connectivity index is 1.88. The number of halogens is 1. The molecule has 172 valence electrons. The zero-order valence-corrected chi connectivity index (χ0v) is 20.1. The molecule has 33 heavy (non-hydrogen) atoms. The molecule has 2 aromatic carbocycles. The third-order valence-corrected chi connectivity index (χ3v) is 6.13. The van der Waals surface area contributed by atoms with Crippen LogP contribution in [0.3, 0.4) is 0 Å². The molecule has 0 N–H and O–H groups in total. The first-order valence-corrected chi connectivity index (χ1v) is 11.8. The summed E-state index contributed by atoms with van der Waals surface area (Å²) in [5, 5.41) is 16.6. The Morgan fingerprint density at radius 3 is 2.67 bits per heavy atom. The highest BCUT2D eigenvalue weighted by Crippen LogP contribution is 2.35. The van der Waals surface area contributed by atoms with Gasteiger partial charge in [0.25, 0.3) is 5.56 Å². The average Bonchev–Trinajstić information content (AvgIpc) is 2.79. The topological polar surface area (TPSA) is 99.6 Å². The summed E-state index contributed by atoms with van der Waals surface area (Å²) in [6.07, 6.45) is 6.41. The molecule has 0 aliphatic heterocycles. The summed E-state index contributed by atoms with van der Waals surface area (Å²) < 4.78 is 7.64. The van der Waals surface area contributed by atoms with E-state index in [0.29, 0.717) is 26.8 Å². The van der Waals surface area contributed by atoms with Gasteiger partial charge in [0.1, 0.15) is 5.82 Å². The third kappa shape index (κ3) is 4.98. The Morgan fingerprint density at radius 2 is 1.97 bits per heavy atom. The molecule has 1 fully saturated rings. The Labute approximate surface area is 199 Å². The van der Waals surface area contributed by atoms with E-state index in [-0.39, 0.29) is 29.0 Å². The van der Waals surface area contributed by atoms with Crippen molar-refractivity contribution in [3.63, 3.8) is 0 Å². The molecule has 4 rings (SSSR count). The molecule has 1 saturated carbocycles. The van der Waals surface area contributed by atoms with Crippen LogP contribution in [0.25, 0.3) is 10.9 Å². The summed E-state index contributed by atoms with van der Waals surface area (Å²) in [6.45, 7) is 3.59. The molecule has 0 spiro atoms. The maximum Gasteiger partial charge on any atom is 0.312 e. The number of aromatic nitrogens is 2. The lowest BCUT2D eigenvalue weighted by Gasteiger charge is -2.22. The van der Waals surface area contributed by atoms with Gasteiger partial charge in [0.15, 0.2) is 0 Å². The van der Waals surface area contributed by atoms with Crippen molar-refractivity contribution < 1.29 is 9.66 Å². The molecule has 0 amide bonds. The van der Waals surface area contributed by atoms with E-state index in [4.69, 9.17) is 9.72 Å². The SMILES string of the molecule is CC(C)Oc1c(C=Nn2c(C3CCCCC3)nc3ccccc3c2=O)cc(Br)cc1[N+](=O)[O-]. The molecular weight excluding hydrogens is 488 g/mol. The average molecular weight is 513 g/mol. The summed E-state index contributed by atoms with van der Waals surface area (Å²) in [5.41, 5.74) is 0.625. The maximum atomic E-state index is 13.4. The first-order valence-electron chi connectivity index (χ1n) is 11.1. The van der Waals surface area contributed by atoms with Gasteiger partial charge in [-0.3, -0.25) is 14.9 Å². The minimum absolute atomic E-state index is 0.114. The second-order valence-electron chi connectivity index (χ2n) is 8.45. The molecule has 0 unspecified atom stereocenters. The molecule has 0 bridgehead atoms. The number of ether oxygens (including phenoxy) is 1. The van der Waals surface area contributed by atoms with Crippen LogP contribution in [-0.4, -0.2) is 26.9 Å². The minimum atomic E-state index is -0.489. The monoisotopic (exact) mass is 512 g/mol. The standard InChI is InChI=1S/C24H25BrN4O4/c1-15(2)33-22-17(12-18(25)13-21(22)29(31)32)14-26-28-23(16-8-4-3-5-9-16)27-20-11-7-6-10-19(20)24(28)30/h6-7,10-16H,3-5,8-9H2,1-2H3. The van der Waals surface area contributed by atoms with E-state index in [9.17, 15) is 14.9 Å². The number of para-hydroxylation sites is 1. The van der Waals surface area contributed by atoms with E-state index >= 15 is 0 Å². The van der Waals surface area contributed by atoms with E-state index in [1.807, 2.05) is 12.1 Å². The number of nitrogens with zero attached hydrogens (tertiary/aromatic N) is 4. The van der Waals surface area contributed by atoms with Crippen molar-refractivity contribution in [3.8, 4) is 5.75 Å². The Morgan fingerprint density at radius 1 is 1.24 bits per heavy atom. The van der Waals surface area contributed by atoms with E-state index in [1.165, 1.54) is 23.4 Å². The Bertz CT molecular complexity index is 1280. The first kappa shape index (κ1) is 23.1. The molecular formula is C24H25BrN4O4. The van der Waals surface area contributed by atoms with Gasteiger partial charge in [0.05, 0.1) is 28.1 Å². The second-order valence-corrected chi connectivity index (χ2v) is 9.37. The fourth-order valence-electron chi connectivity index (χ4n) is 4.19. The van der Waals surface area contributed by atoms with Gasteiger partial charge in [0, 0.05) is 22.0 Å². The van der Waals surface area contributed by atoms with Crippen LogP contribution in [-0.2, 0) is 0 Å². The van der Waals surface area contributed by atoms with Gasteiger partial charge >= 0.3 is 5.69 Å². The maximum absolute atomic E-state index is 13.4. The summed E-state index contributed by atoms with van der Waals surface area (Å²) in [6, 6.07) is 10.3. The van der Waals surface area contributed by atoms with E-state index in [1.54, 1.807) is 32.0 Å². The van der Waals surface area contributed by atoms with Crippen molar-refractivity contribution >= 4 is 38.7 Å². The fraction of sp³-hybridized carbons (Fsp3) is 0.375. The molecule has 0 radical (unpaired) electrons. The predicted molar refractivity (Wildman–Crippen MR) is 131 cm³/mol. The highest BCUT2D eigenvalue weighted by Gasteiger charge is 2.24. The zero-order valence-electron chi connectivity index (χ0n) is 18.5. The van der Waals surface area contributed by atoms with Crippen LogP contribution in [0.1, 0.15) is 63.3 Å². The number of nitro benzene ring substituents is 1. The summed E-state index contributed by atoms with van der Waals surface area (Å²) in [5.74, 6) is 0.880. The highest BCUT2D eigenvalue weighted by atomic mass is 79.9. The molecule has 1 aromatic heterocycles. The van der Waals surface area contributed by atoms with Crippen LogP contribution in [0.5, 0.6) is 5.75 Å². The molecule has 0 saturated heterocycles. The minimum Gasteiger partial charge on any atom is -0.484 e. The number of hydrogen-bond donors (Lipinski definition) is 0. The number of benzene rings is 2. The van der Waals surface area contributed by atoms with Gasteiger partial charge in [-0.15, -0.1) is 0 Å². The molecule has 1 aliphatic carbocycles. The van der Waals surface area contributed by atoms with Crippen LogP contribution in [0.2, 0.25) is 0 Å². The quantitative estimate of drug-likeness (QED) is 0.236. The molecule has 1 heterocycles. The van der Waals surface area contributed by atoms with Crippen molar-refractivity contribution in [2.75, 3.05) is 0 Å². The van der Waals surface area contributed by atoms with Crippen LogP contribution < -0.4 is 10.3 Å². The Kier molecular flexibility index (Phi) is 6.88. The zero-order chi connectivity index (χ0) is 23.5. The first-order chi connectivity index (χ1) is 15.8. The summed E-state index contributed by atoms with van der Waals surface area (Å²) >= 11 is 3.33. The van der Waals surface area contributed by atoms with Gasteiger partial charge in [-0.05, 0) is 44.9 Å². The van der Waals surface area contributed by atoms with Crippen LogP contribution >= 0.6 is 15.9 Å². The van der Waals surface area contributed by atoms with Crippen molar-refractivity contribution in [3.05, 3.63) is 72.7 Å². The molecule has 0 atom stereocenters. The largest absolute Gasteiger partial charge is 0.484 e. The van der Waals surface area contributed by atoms with E-state index in [0.717, 1.165) is 25.7 Å². The van der Waals surface area contributed by atoms with Crippen molar-refractivity contribution in [1.29, 1.82) is 0 Å². The molecule has 1 aliphatic rings. The number of hydrogen-bond acceptors (Lipinski definition) is 6. The summed E-state index contributed by atoms with van der Waals surface area (Å²) in [4.78, 5) is 29.3. The van der Waals surface area contributed by atoms with E-state index < -0.39 is 4.92 Å². The normalized spacial score (nSPS) is 14.9.